The van der Waals surface area contributed by atoms with Crippen molar-refractivity contribution in [2.45, 2.75) is 77.1 Å². The SMILES string of the molecule is CC(CC(=O)O)CC(=O)c1c(CCCCCCC#CC2CC(F)(F)C2)n(C)c2ccc(Cl)cc12. The third kappa shape index (κ3) is 6.82. The number of carbonyl (C=O) groups is 2. The first-order chi connectivity index (χ1) is 16.1. The lowest BCUT2D eigenvalue weighted by Crippen LogP contribution is -2.34. The van der Waals surface area contributed by atoms with E-state index in [1.165, 1.54) is 0 Å². The van der Waals surface area contributed by atoms with Crippen molar-refractivity contribution in [3.63, 3.8) is 0 Å². The number of Topliss-reactive ketones (excluding diaryl/α,β-unsaturated/α-hetero) is 1. The molecular weight excluding hydrogens is 460 g/mol. The van der Waals surface area contributed by atoms with Crippen molar-refractivity contribution in [1.29, 1.82) is 0 Å². The summed E-state index contributed by atoms with van der Waals surface area (Å²) in [5, 5.41) is 10.4. The third-order valence-electron chi connectivity index (χ3n) is 6.48. The average molecular weight is 492 g/mol. The Hall–Kier alpha value is -2.39. The van der Waals surface area contributed by atoms with Crippen LogP contribution in [0.2, 0.25) is 5.02 Å². The predicted octanol–water partition coefficient (Wildman–Crippen LogP) is 7.06. The van der Waals surface area contributed by atoms with Crippen LogP contribution in [0.1, 0.15) is 80.8 Å². The molecule has 0 spiro atoms. The van der Waals surface area contributed by atoms with Crippen molar-refractivity contribution in [3.05, 3.63) is 34.5 Å². The number of carboxylic acid groups (broad SMARTS) is 1. The first kappa shape index (κ1) is 26.2. The van der Waals surface area contributed by atoms with Crippen molar-refractivity contribution in [2.24, 2.45) is 18.9 Å². The predicted molar refractivity (Wildman–Crippen MR) is 131 cm³/mol. The van der Waals surface area contributed by atoms with E-state index < -0.39 is 11.9 Å². The first-order valence-electron chi connectivity index (χ1n) is 12.0. The van der Waals surface area contributed by atoms with Gasteiger partial charge in [-0.1, -0.05) is 37.3 Å². The molecule has 4 nitrogen and oxygen atoms in total. The van der Waals surface area contributed by atoms with Gasteiger partial charge in [0.15, 0.2) is 5.78 Å². The zero-order chi connectivity index (χ0) is 24.9. The molecule has 1 aliphatic rings. The lowest BCUT2D eigenvalue weighted by molar-refractivity contribution is -0.137. The number of carboxylic acids is 1. The summed E-state index contributed by atoms with van der Waals surface area (Å²) in [4.78, 5) is 24.2. The number of aryl methyl sites for hydroxylation is 1. The molecule has 0 saturated heterocycles. The maximum Gasteiger partial charge on any atom is 0.303 e. The minimum Gasteiger partial charge on any atom is -0.481 e. The van der Waals surface area contributed by atoms with Crippen LogP contribution in [0, 0.1) is 23.7 Å². The average Bonchev–Trinajstić information content (AvgIpc) is 2.98. The Labute approximate surface area is 204 Å². The molecule has 0 amide bonds. The number of nitrogens with zero attached hydrogens (tertiary/aromatic N) is 1. The quantitative estimate of drug-likeness (QED) is 0.208. The maximum absolute atomic E-state index is 13.2. The number of fused-ring (bicyclic) bond motifs is 1. The number of aliphatic carboxylic acids is 1. The number of carbonyl (C=O) groups excluding carboxylic acids is 1. The van der Waals surface area contributed by atoms with E-state index in [1.807, 2.05) is 23.7 Å². The van der Waals surface area contributed by atoms with Gasteiger partial charge in [-0.15, -0.1) is 5.92 Å². The Morgan fingerprint density at radius 3 is 2.59 bits per heavy atom. The summed E-state index contributed by atoms with van der Waals surface area (Å²) in [7, 11) is 1.95. The fraction of sp³-hybridized carbons (Fsp3) is 0.556. The molecule has 2 aromatic rings. The Morgan fingerprint density at radius 2 is 1.91 bits per heavy atom. The van der Waals surface area contributed by atoms with Crippen LogP contribution in [0.25, 0.3) is 10.9 Å². The number of benzene rings is 1. The molecule has 1 atom stereocenters. The molecule has 0 radical (unpaired) electrons. The van der Waals surface area contributed by atoms with Crippen molar-refractivity contribution in [1.82, 2.24) is 4.57 Å². The van der Waals surface area contributed by atoms with Crippen molar-refractivity contribution in [2.75, 3.05) is 0 Å². The number of aromatic nitrogens is 1. The molecule has 7 heteroatoms. The van der Waals surface area contributed by atoms with Gasteiger partial charge in [0.1, 0.15) is 0 Å². The second kappa shape index (κ2) is 11.4. The minimum absolute atomic E-state index is 0.0430. The fourth-order valence-corrected chi connectivity index (χ4v) is 4.87. The molecule has 1 aliphatic carbocycles. The molecule has 0 aliphatic heterocycles. The summed E-state index contributed by atoms with van der Waals surface area (Å²) < 4.78 is 27.7. The molecule has 184 valence electrons. The molecule has 1 aromatic heterocycles. The fourth-order valence-electron chi connectivity index (χ4n) is 4.70. The number of hydrogen-bond donors (Lipinski definition) is 1. The normalized spacial score (nSPS) is 16.0. The number of rotatable bonds is 11. The Morgan fingerprint density at radius 1 is 1.21 bits per heavy atom. The Kier molecular flexibility index (Phi) is 8.76. The van der Waals surface area contributed by atoms with Gasteiger partial charge >= 0.3 is 5.97 Å². The molecule has 0 bridgehead atoms. The van der Waals surface area contributed by atoms with Gasteiger partial charge in [-0.05, 0) is 43.4 Å². The van der Waals surface area contributed by atoms with E-state index in [2.05, 4.69) is 11.8 Å². The first-order valence-corrected chi connectivity index (χ1v) is 12.3. The summed E-state index contributed by atoms with van der Waals surface area (Å²) in [6.45, 7) is 1.78. The van der Waals surface area contributed by atoms with Crippen LogP contribution in [0.5, 0.6) is 0 Å². The Bertz CT molecular complexity index is 1100. The van der Waals surface area contributed by atoms with E-state index in [0.29, 0.717) is 10.6 Å². The van der Waals surface area contributed by atoms with Gasteiger partial charge in [0.2, 0.25) is 0 Å². The van der Waals surface area contributed by atoms with Crippen molar-refractivity contribution >= 4 is 34.3 Å². The molecule has 1 fully saturated rings. The largest absolute Gasteiger partial charge is 0.481 e. The van der Waals surface area contributed by atoms with Crippen molar-refractivity contribution < 1.29 is 23.5 Å². The number of ketones is 1. The van der Waals surface area contributed by atoms with Gasteiger partial charge in [-0.3, -0.25) is 9.59 Å². The second-order valence-corrected chi connectivity index (χ2v) is 10.0. The van der Waals surface area contributed by atoms with E-state index >= 15 is 0 Å². The van der Waals surface area contributed by atoms with Crippen LogP contribution < -0.4 is 0 Å². The third-order valence-corrected chi connectivity index (χ3v) is 6.72. The van der Waals surface area contributed by atoms with Crippen molar-refractivity contribution in [3.8, 4) is 11.8 Å². The molecule has 1 unspecified atom stereocenters. The second-order valence-electron chi connectivity index (χ2n) is 9.57. The van der Waals surface area contributed by atoms with E-state index in [-0.39, 0.29) is 43.3 Å². The van der Waals surface area contributed by atoms with Gasteiger partial charge in [0.05, 0.1) is 0 Å². The minimum atomic E-state index is -2.51. The number of unbranched alkanes of at least 4 members (excludes halogenated alkanes) is 4. The molecule has 3 rings (SSSR count). The molecule has 1 heterocycles. The maximum atomic E-state index is 13.2. The van der Waals surface area contributed by atoms with Crippen LogP contribution in [0.4, 0.5) is 8.78 Å². The van der Waals surface area contributed by atoms with Gasteiger partial charge in [0, 0.05) is 72.3 Å². The summed E-state index contributed by atoms with van der Waals surface area (Å²) >= 11 is 6.22. The molecule has 1 N–H and O–H groups in total. The molecule has 1 saturated carbocycles. The molecule has 34 heavy (non-hydrogen) atoms. The summed E-state index contributed by atoms with van der Waals surface area (Å²) in [6, 6.07) is 5.53. The van der Waals surface area contributed by atoms with Gasteiger partial charge in [0.25, 0.3) is 5.92 Å². The van der Waals surface area contributed by atoms with Gasteiger partial charge in [-0.25, -0.2) is 8.78 Å². The highest BCUT2D eigenvalue weighted by atomic mass is 35.5. The highest BCUT2D eigenvalue weighted by Crippen LogP contribution is 2.41. The highest BCUT2D eigenvalue weighted by Gasteiger charge is 2.44. The smallest absolute Gasteiger partial charge is 0.303 e. The summed E-state index contributed by atoms with van der Waals surface area (Å²) in [6.07, 6.45) is 5.19. The van der Waals surface area contributed by atoms with Crippen LogP contribution in [0.15, 0.2) is 18.2 Å². The monoisotopic (exact) mass is 491 g/mol. The lowest BCUT2D eigenvalue weighted by atomic mass is 9.82. The zero-order valence-electron chi connectivity index (χ0n) is 19.8. The standard InChI is InChI=1S/C27H32ClF2NO3/c1-18(14-25(33)34)13-24(32)26-21-15-20(28)11-12-22(21)31(2)23(26)10-8-6-4-3-5-7-9-19-16-27(29,30)17-19/h11-12,15,18-19H,3-6,8,10,13-14,16-17H2,1-2H3,(H,33,34). The summed E-state index contributed by atoms with van der Waals surface area (Å²) in [5.74, 6) is 2.12. The Balaban J connectivity index is 1.59. The summed E-state index contributed by atoms with van der Waals surface area (Å²) in [5.41, 5.74) is 2.54. The highest BCUT2D eigenvalue weighted by molar-refractivity contribution is 6.31. The van der Waals surface area contributed by atoms with Gasteiger partial charge in [-0.2, -0.15) is 0 Å². The lowest BCUT2D eigenvalue weighted by Gasteiger charge is -2.31. The number of alkyl halides is 2. The topological polar surface area (TPSA) is 59.3 Å². The van der Waals surface area contributed by atoms with Crippen LogP contribution in [0.3, 0.4) is 0 Å². The van der Waals surface area contributed by atoms with E-state index in [1.54, 1.807) is 13.0 Å². The molecular formula is C27H32ClF2NO3. The van der Waals surface area contributed by atoms with E-state index in [9.17, 15) is 18.4 Å². The van der Waals surface area contributed by atoms with Crippen LogP contribution >= 0.6 is 11.6 Å². The molecule has 1 aromatic carbocycles. The number of hydrogen-bond acceptors (Lipinski definition) is 2. The number of halogens is 3. The van der Waals surface area contributed by atoms with Crippen LogP contribution in [-0.2, 0) is 18.3 Å². The van der Waals surface area contributed by atoms with Gasteiger partial charge < -0.3 is 9.67 Å². The van der Waals surface area contributed by atoms with E-state index in [0.717, 1.165) is 55.1 Å². The van der Waals surface area contributed by atoms with E-state index in [4.69, 9.17) is 16.7 Å². The van der Waals surface area contributed by atoms with Crippen LogP contribution in [-0.4, -0.2) is 27.3 Å². The zero-order valence-corrected chi connectivity index (χ0v) is 20.6.